The predicted octanol–water partition coefficient (Wildman–Crippen LogP) is 4.30. The summed E-state index contributed by atoms with van der Waals surface area (Å²) >= 11 is 0. The number of hydrogen-bond acceptors (Lipinski definition) is 4. The fraction of sp³-hybridized carbons (Fsp3) is 0.632. The highest BCUT2D eigenvalue weighted by atomic mass is 16.5. The molecular formula is C19H25N3O2. The summed E-state index contributed by atoms with van der Waals surface area (Å²) in [5.41, 5.74) is 3.44. The zero-order valence-corrected chi connectivity index (χ0v) is 14.5. The van der Waals surface area contributed by atoms with Gasteiger partial charge in [-0.3, -0.25) is 0 Å². The summed E-state index contributed by atoms with van der Waals surface area (Å²) < 4.78 is 7.39. The lowest BCUT2D eigenvalue weighted by Gasteiger charge is -2.22. The third-order valence-electron chi connectivity index (χ3n) is 5.27. The Morgan fingerprint density at radius 1 is 1.25 bits per heavy atom. The van der Waals surface area contributed by atoms with Crippen LogP contribution in [0.3, 0.4) is 0 Å². The first-order valence-corrected chi connectivity index (χ1v) is 9.26. The van der Waals surface area contributed by atoms with E-state index < -0.39 is 0 Å². The van der Waals surface area contributed by atoms with Crippen LogP contribution in [-0.2, 0) is 4.74 Å². The number of rotatable bonds is 4. The summed E-state index contributed by atoms with van der Waals surface area (Å²) in [4.78, 5) is 17.4. The van der Waals surface area contributed by atoms with E-state index in [4.69, 9.17) is 14.8 Å². The number of esters is 1. The van der Waals surface area contributed by atoms with Crippen LogP contribution >= 0.6 is 0 Å². The summed E-state index contributed by atoms with van der Waals surface area (Å²) in [5.74, 6) is 0.246. The number of pyridine rings is 1. The van der Waals surface area contributed by atoms with Crippen molar-refractivity contribution in [1.29, 1.82) is 0 Å². The number of fused-ring (bicyclic) bond motifs is 1. The summed E-state index contributed by atoms with van der Waals surface area (Å²) in [5, 5.41) is 5.66. The van der Waals surface area contributed by atoms with E-state index in [0.29, 0.717) is 24.1 Å². The zero-order chi connectivity index (χ0) is 16.7. The molecule has 0 N–H and O–H groups in total. The molecule has 2 heterocycles. The molecule has 2 saturated carbocycles. The average Bonchev–Trinajstić information content (AvgIpc) is 3.40. The fourth-order valence-electron chi connectivity index (χ4n) is 3.87. The Morgan fingerprint density at radius 3 is 2.67 bits per heavy atom. The molecule has 24 heavy (non-hydrogen) atoms. The van der Waals surface area contributed by atoms with Crippen molar-refractivity contribution < 1.29 is 9.53 Å². The van der Waals surface area contributed by atoms with Crippen molar-refractivity contribution >= 4 is 17.0 Å². The van der Waals surface area contributed by atoms with E-state index in [1.165, 1.54) is 19.3 Å². The van der Waals surface area contributed by atoms with Crippen LogP contribution in [0.2, 0.25) is 0 Å². The quantitative estimate of drug-likeness (QED) is 0.786. The topological polar surface area (TPSA) is 57.0 Å². The molecule has 0 bridgehead atoms. The van der Waals surface area contributed by atoms with Gasteiger partial charge in [0.1, 0.15) is 0 Å². The number of carbonyl (C=O) groups excluding carboxylic acids is 1. The number of nitrogens with zero attached hydrogens (tertiary/aromatic N) is 3. The van der Waals surface area contributed by atoms with Crippen molar-refractivity contribution in [1.82, 2.24) is 14.8 Å². The van der Waals surface area contributed by atoms with Crippen molar-refractivity contribution in [2.24, 2.45) is 0 Å². The van der Waals surface area contributed by atoms with Crippen molar-refractivity contribution in [3.05, 3.63) is 23.0 Å². The summed E-state index contributed by atoms with van der Waals surface area (Å²) in [6, 6.07) is 2.35. The standard InChI is InChI=1S/C19H25N3O2/c1-3-24-19(23)15-11-16(13-9-10-13)20-18-17(15)12(2)21-22(18)14-7-5-4-6-8-14/h11,13-14H,3-10H2,1-2H3. The van der Waals surface area contributed by atoms with Crippen LogP contribution in [0, 0.1) is 6.92 Å². The Morgan fingerprint density at radius 2 is 2.00 bits per heavy atom. The largest absolute Gasteiger partial charge is 0.462 e. The van der Waals surface area contributed by atoms with Gasteiger partial charge >= 0.3 is 5.97 Å². The number of aryl methyl sites for hydroxylation is 1. The Kier molecular flexibility index (Phi) is 4.02. The molecule has 0 aromatic carbocycles. The summed E-state index contributed by atoms with van der Waals surface area (Å²) in [6.45, 7) is 4.20. The highest BCUT2D eigenvalue weighted by molar-refractivity contribution is 6.04. The molecule has 2 aliphatic carbocycles. The third-order valence-corrected chi connectivity index (χ3v) is 5.27. The second-order valence-corrected chi connectivity index (χ2v) is 7.11. The SMILES string of the molecule is CCOC(=O)c1cc(C2CC2)nc2c1c(C)nn2C1CCCCC1. The Labute approximate surface area is 142 Å². The predicted molar refractivity (Wildman–Crippen MR) is 92.3 cm³/mol. The first kappa shape index (κ1) is 15.6. The molecule has 0 saturated heterocycles. The normalized spacial score (nSPS) is 18.9. The van der Waals surface area contributed by atoms with Crippen molar-refractivity contribution in [2.45, 2.75) is 70.8 Å². The van der Waals surface area contributed by atoms with Gasteiger partial charge in [-0.15, -0.1) is 0 Å². The molecule has 128 valence electrons. The van der Waals surface area contributed by atoms with Crippen molar-refractivity contribution in [2.75, 3.05) is 6.61 Å². The molecule has 5 heteroatoms. The maximum Gasteiger partial charge on any atom is 0.339 e. The molecular weight excluding hydrogens is 302 g/mol. The molecule has 0 unspecified atom stereocenters. The number of hydrogen-bond donors (Lipinski definition) is 0. The minimum Gasteiger partial charge on any atom is -0.462 e. The molecule has 0 spiro atoms. The molecule has 5 nitrogen and oxygen atoms in total. The average molecular weight is 327 g/mol. The molecule has 0 atom stereocenters. The van der Waals surface area contributed by atoms with Crippen LogP contribution in [0.4, 0.5) is 0 Å². The van der Waals surface area contributed by atoms with Gasteiger partial charge in [0.15, 0.2) is 5.65 Å². The van der Waals surface area contributed by atoms with Crippen LogP contribution in [0.15, 0.2) is 6.07 Å². The Balaban J connectivity index is 1.87. The van der Waals surface area contributed by atoms with E-state index >= 15 is 0 Å². The molecule has 2 aliphatic rings. The maximum absolute atomic E-state index is 12.5. The summed E-state index contributed by atoms with van der Waals surface area (Å²) in [6.07, 6.45) is 8.44. The zero-order valence-electron chi connectivity index (χ0n) is 14.5. The van der Waals surface area contributed by atoms with Gasteiger partial charge in [-0.25, -0.2) is 14.5 Å². The van der Waals surface area contributed by atoms with Crippen LogP contribution in [0.5, 0.6) is 0 Å². The Hall–Kier alpha value is -1.91. The van der Waals surface area contributed by atoms with Crippen LogP contribution in [-0.4, -0.2) is 27.3 Å². The van der Waals surface area contributed by atoms with Crippen LogP contribution < -0.4 is 0 Å². The Bertz CT molecular complexity index is 771. The van der Waals surface area contributed by atoms with E-state index in [1.807, 2.05) is 19.9 Å². The van der Waals surface area contributed by atoms with Crippen LogP contribution in [0.1, 0.15) is 85.6 Å². The molecule has 0 amide bonds. The van der Waals surface area contributed by atoms with E-state index in [1.54, 1.807) is 0 Å². The van der Waals surface area contributed by atoms with E-state index in [2.05, 4.69) is 4.68 Å². The van der Waals surface area contributed by atoms with E-state index in [0.717, 1.165) is 48.1 Å². The van der Waals surface area contributed by atoms with Gasteiger partial charge < -0.3 is 4.74 Å². The van der Waals surface area contributed by atoms with Gasteiger partial charge in [-0.2, -0.15) is 5.10 Å². The highest BCUT2D eigenvalue weighted by Gasteiger charge is 2.30. The van der Waals surface area contributed by atoms with Gasteiger partial charge in [0, 0.05) is 11.6 Å². The lowest BCUT2D eigenvalue weighted by Crippen LogP contribution is -2.15. The minimum atomic E-state index is -0.252. The molecule has 2 fully saturated rings. The highest BCUT2D eigenvalue weighted by Crippen LogP contribution is 2.41. The smallest absolute Gasteiger partial charge is 0.339 e. The number of aromatic nitrogens is 3. The van der Waals surface area contributed by atoms with E-state index in [9.17, 15) is 4.79 Å². The van der Waals surface area contributed by atoms with Gasteiger partial charge in [0.2, 0.25) is 0 Å². The molecule has 0 aliphatic heterocycles. The van der Waals surface area contributed by atoms with Crippen molar-refractivity contribution in [3.63, 3.8) is 0 Å². The van der Waals surface area contributed by atoms with Gasteiger partial charge in [0.05, 0.1) is 29.3 Å². The number of ether oxygens (including phenoxy) is 1. The summed E-state index contributed by atoms with van der Waals surface area (Å²) in [7, 11) is 0. The second-order valence-electron chi connectivity index (χ2n) is 7.11. The van der Waals surface area contributed by atoms with Gasteiger partial charge in [-0.1, -0.05) is 19.3 Å². The number of carbonyl (C=O) groups is 1. The molecule has 0 radical (unpaired) electrons. The fourth-order valence-corrected chi connectivity index (χ4v) is 3.87. The molecule has 2 aromatic rings. The first-order chi connectivity index (χ1) is 11.7. The van der Waals surface area contributed by atoms with Crippen LogP contribution in [0.25, 0.3) is 11.0 Å². The van der Waals surface area contributed by atoms with Crippen molar-refractivity contribution in [3.8, 4) is 0 Å². The van der Waals surface area contributed by atoms with Gasteiger partial charge in [0.25, 0.3) is 0 Å². The van der Waals surface area contributed by atoms with Gasteiger partial charge in [-0.05, 0) is 45.6 Å². The molecule has 2 aromatic heterocycles. The first-order valence-electron chi connectivity index (χ1n) is 9.26. The van der Waals surface area contributed by atoms with E-state index in [-0.39, 0.29) is 5.97 Å². The lowest BCUT2D eigenvalue weighted by atomic mass is 9.95. The molecule has 4 rings (SSSR count). The maximum atomic E-state index is 12.5. The lowest BCUT2D eigenvalue weighted by molar-refractivity contribution is 0.0528. The third kappa shape index (κ3) is 2.70. The minimum absolute atomic E-state index is 0.252. The second kappa shape index (κ2) is 6.19. The monoisotopic (exact) mass is 327 g/mol.